The third kappa shape index (κ3) is 8.03. The third-order valence-electron chi connectivity index (χ3n) is 8.10. The summed E-state index contributed by atoms with van der Waals surface area (Å²) in [7, 11) is -3.02. The molecule has 1 saturated heterocycles. The lowest BCUT2D eigenvalue weighted by Crippen LogP contribution is -2.59. The van der Waals surface area contributed by atoms with Crippen LogP contribution < -0.4 is 19.7 Å². The first kappa shape index (κ1) is 33.6. The van der Waals surface area contributed by atoms with Gasteiger partial charge in [0.25, 0.3) is 5.91 Å². The van der Waals surface area contributed by atoms with Crippen molar-refractivity contribution in [3.63, 3.8) is 0 Å². The maximum absolute atomic E-state index is 13.7. The number of rotatable bonds is 5. The molecule has 0 bridgehead atoms. The number of nitrogens with zero attached hydrogens (tertiary/aromatic N) is 2. The monoisotopic (exact) mass is 651 g/mol. The largest absolute Gasteiger partial charge is 0.444 e. The Kier molecular flexibility index (Phi) is 10.2. The zero-order valence-corrected chi connectivity index (χ0v) is 27.2. The molecule has 2 heterocycles. The number of nitrogens with one attached hydrogen (secondary N) is 3. The molecule has 2 aliphatic heterocycles. The number of allylic oxidation sites excluding steroid dienone is 1. The number of halogens is 1. The summed E-state index contributed by atoms with van der Waals surface area (Å²) in [4.78, 5) is 55.1. The van der Waals surface area contributed by atoms with Gasteiger partial charge in [0.2, 0.25) is 11.8 Å². The second kappa shape index (κ2) is 13.4. The van der Waals surface area contributed by atoms with Crippen molar-refractivity contribution in [1.29, 1.82) is 0 Å². The van der Waals surface area contributed by atoms with E-state index in [4.69, 9.17) is 16.3 Å². The van der Waals surface area contributed by atoms with E-state index in [1.807, 2.05) is 12.2 Å². The van der Waals surface area contributed by atoms with Crippen molar-refractivity contribution >= 4 is 51.3 Å². The molecule has 0 unspecified atom stereocenters. The number of fused-ring (bicyclic) bond motifs is 2. The maximum Gasteiger partial charge on any atom is 0.408 e. The smallest absolute Gasteiger partial charge is 0.408 e. The number of benzene rings is 1. The molecule has 3 aliphatic rings. The average molecular weight is 652 g/mol. The molecule has 12 nitrogen and oxygen atoms in total. The molecule has 0 radical (unpaired) electrons. The van der Waals surface area contributed by atoms with Crippen molar-refractivity contribution in [3.05, 3.63) is 41.4 Å². The fraction of sp³-hybridized carbons (Fsp3) is 0.600. The zero-order chi connectivity index (χ0) is 32.3. The number of amides is 4. The number of carbonyl (C=O) groups excluding carboxylic acids is 4. The van der Waals surface area contributed by atoms with Crippen LogP contribution in [0.2, 0.25) is 5.02 Å². The summed E-state index contributed by atoms with van der Waals surface area (Å²) in [5.41, 5.74) is -1.95. The van der Waals surface area contributed by atoms with E-state index >= 15 is 0 Å². The molecule has 4 atom stereocenters. The first-order valence-corrected chi connectivity index (χ1v) is 16.8. The predicted molar refractivity (Wildman–Crippen MR) is 166 cm³/mol. The minimum atomic E-state index is -4.33. The van der Waals surface area contributed by atoms with Gasteiger partial charge in [0, 0.05) is 24.5 Å². The number of hydrogen-bond acceptors (Lipinski definition) is 7. The number of hydrogen-bond donors (Lipinski definition) is 3. The van der Waals surface area contributed by atoms with Crippen LogP contribution in [-0.4, -0.2) is 73.9 Å². The SMILES string of the molecule is CN(c1ccc(Cl)cc1)S(=O)(=O)NC(=O)[C@@]12C[C@H]1/C=C\CCCCC[C@H](NC(=O)OC(C)(C)C)C(=O)N1CCC[C@H]1C(=O)N2. The van der Waals surface area contributed by atoms with Crippen molar-refractivity contribution in [3.8, 4) is 0 Å². The van der Waals surface area contributed by atoms with Crippen LogP contribution in [-0.2, 0) is 29.3 Å². The standard InChI is InChI=1S/C30H42ClN5O7S/c1-29(2,3)43-28(40)32-23-12-9-7-5-6-8-11-20-19-30(20,33-25(37)24-13-10-18-36(24)26(23)38)27(39)34-44(41,42)35(4)22-16-14-21(31)15-17-22/h8,11,14-17,20,23-24H,5-7,9-10,12-13,18-19H2,1-4H3,(H,32,40)(H,33,37)(H,34,39)/b11-8-/t20-,23+,24+,30-/m1/s1. The molecule has 1 aromatic rings. The van der Waals surface area contributed by atoms with Crippen molar-refractivity contribution < 1.29 is 32.3 Å². The van der Waals surface area contributed by atoms with Crippen molar-refractivity contribution in [2.45, 2.75) is 95.4 Å². The van der Waals surface area contributed by atoms with E-state index in [-0.39, 0.29) is 12.3 Å². The van der Waals surface area contributed by atoms with Gasteiger partial charge < -0.3 is 20.3 Å². The summed E-state index contributed by atoms with van der Waals surface area (Å²) < 4.78 is 34.8. The molecule has 0 spiro atoms. The molecular weight excluding hydrogens is 610 g/mol. The molecule has 3 N–H and O–H groups in total. The lowest BCUT2D eigenvalue weighted by Gasteiger charge is -2.30. The Bertz CT molecular complexity index is 1400. The highest BCUT2D eigenvalue weighted by atomic mass is 35.5. The minimum Gasteiger partial charge on any atom is -0.444 e. The molecule has 4 rings (SSSR count). The highest BCUT2D eigenvalue weighted by Crippen LogP contribution is 2.45. The number of ether oxygens (including phenoxy) is 1. The summed E-state index contributed by atoms with van der Waals surface area (Å²) in [6.07, 6.45) is 7.60. The molecule has 2 fully saturated rings. The third-order valence-corrected chi connectivity index (χ3v) is 9.73. The van der Waals surface area contributed by atoms with Crippen molar-refractivity contribution in [1.82, 2.24) is 20.3 Å². The Balaban J connectivity index is 1.55. The van der Waals surface area contributed by atoms with Crippen molar-refractivity contribution in [2.75, 3.05) is 17.9 Å². The van der Waals surface area contributed by atoms with E-state index in [2.05, 4.69) is 15.4 Å². The van der Waals surface area contributed by atoms with E-state index < -0.39 is 57.3 Å². The fourth-order valence-corrected chi connectivity index (χ4v) is 6.69. The van der Waals surface area contributed by atoms with Gasteiger partial charge in [-0.15, -0.1) is 0 Å². The van der Waals surface area contributed by atoms with Crippen LogP contribution in [0.1, 0.15) is 72.1 Å². The second-order valence-corrected chi connectivity index (χ2v) is 14.7. The van der Waals surface area contributed by atoms with Crippen LogP contribution in [0, 0.1) is 5.92 Å². The van der Waals surface area contributed by atoms with E-state index in [9.17, 15) is 27.6 Å². The summed E-state index contributed by atoms with van der Waals surface area (Å²) in [6.45, 7) is 5.51. The lowest BCUT2D eigenvalue weighted by molar-refractivity contribution is -0.141. The van der Waals surface area contributed by atoms with Gasteiger partial charge in [0.15, 0.2) is 0 Å². The van der Waals surface area contributed by atoms with Gasteiger partial charge in [-0.3, -0.25) is 18.7 Å². The molecule has 4 amide bonds. The topological polar surface area (TPSA) is 154 Å². The molecule has 242 valence electrons. The molecule has 1 aromatic carbocycles. The Morgan fingerprint density at radius 3 is 2.48 bits per heavy atom. The van der Waals surface area contributed by atoms with Gasteiger partial charge >= 0.3 is 16.3 Å². The summed E-state index contributed by atoms with van der Waals surface area (Å²) in [6, 6.07) is 4.34. The molecule has 14 heteroatoms. The van der Waals surface area contributed by atoms with Gasteiger partial charge in [-0.25, -0.2) is 9.52 Å². The highest BCUT2D eigenvalue weighted by molar-refractivity contribution is 7.91. The Morgan fingerprint density at radius 2 is 1.80 bits per heavy atom. The number of alkyl carbamates (subject to hydrolysis) is 1. The van der Waals surface area contributed by atoms with E-state index in [1.165, 1.54) is 36.2 Å². The molecule has 1 saturated carbocycles. The van der Waals surface area contributed by atoms with E-state index in [0.29, 0.717) is 49.4 Å². The van der Waals surface area contributed by atoms with Gasteiger partial charge in [0.1, 0.15) is 23.2 Å². The summed E-state index contributed by atoms with van der Waals surface area (Å²) in [5, 5.41) is 5.95. The lowest BCUT2D eigenvalue weighted by atomic mass is 10.0. The Labute approximate surface area is 264 Å². The molecule has 0 aromatic heterocycles. The number of anilines is 1. The van der Waals surface area contributed by atoms with Gasteiger partial charge in [-0.05, 0) is 83.6 Å². The van der Waals surface area contributed by atoms with Gasteiger partial charge in [-0.2, -0.15) is 8.42 Å². The highest BCUT2D eigenvalue weighted by Gasteiger charge is 2.61. The number of carbonyl (C=O) groups is 4. The first-order valence-electron chi connectivity index (χ1n) is 15.0. The van der Waals surface area contributed by atoms with Crippen LogP contribution in [0.5, 0.6) is 0 Å². The van der Waals surface area contributed by atoms with E-state index in [1.54, 1.807) is 20.8 Å². The van der Waals surface area contributed by atoms with E-state index in [0.717, 1.165) is 17.1 Å². The zero-order valence-electron chi connectivity index (χ0n) is 25.6. The maximum atomic E-state index is 13.7. The Morgan fingerprint density at radius 1 is 1.09 bits per heavy atom. The van der Waals surface area contributed by atoms with Crippen LogP contribution >= 0.6 is 11.6 Å². The summed E-state index contributed by atoms with van der Waals surface area (Å²) in [5.74, 6) is -2.21. The predicted octanol–water partition coefficient (Wildman–Crippen LogP) is 3.42. The second-order valence-electron chi connectivity index (χ2n) is 12.6. The quantitative estimate of drug-likeness (QED) is 0.412. The Hall–Kier alpha value is -3.32. The van der Waals surface area contributed by atoms with Gasteiger partial charge in [0.05, 0.1) is 5.69 Å². The average Bonchev–Trinajstić information content (AvgIpc) is 3.40. The first-order chi connectivity index (χ1) is 20.6. The van der Waals surface area contributed by atoms with Gasteiger partial charge in [-0.1, -0.05) is 36.6 Å². The fourth-order valence-electron chi connectivity index (χ4n) is 5.61. The minimum absolute atomic E-state index is 0.213. The molecule has 44 heavy (non-hydrogen) atoms. The normalized spacial score (nSPS) is 27.0. The molecule has 1 aliphatic carbocycles. The van der Waals surface area contributed by atoms with Crippen LogP contribution in [0.25, 0.3) is 0 Å². The van der Waals surface area contributed by atoms with Crippen LogP contribution in [0.15, 0.2) is 36.4 Å². The molecular formula is C30H42ClN5O7S. The van der Waals surface area contributed by atoms with Crippen molar-refractivity contribution in [2.24, 2.45) is 5.92 Å². The van der Waals surface area contributed by atoms with Crippen LogP contribution in [0.4, 0.5) is 10.5 Å². The van der Waals surface area contributed by atoms with Crippen LogP contribution in [0.3, 0.4) is 0 Å². The summed E-state index contributed by atoms with van der Waals surface area (Å²) >= 11 is 5.93.